The predicted octanol–water partition coefficient (Wildman–Crippen LogP) is 4.55. The number of benzene rings is 2. The van der Waals surface area contributed by atoms with Crippen molar-refractivity contribution < 1.29 is 14.2 Å². The average molecular weight is 390 g/mol. The van der Waals surface area contributed by atoms with Crippen molar-refractivity contribution in [2.24, 2.45) is 0 Å². The van der Waals surface area contributed by atoms with E-state index in [4.69, 9.17) is 9.26 Å². The van der Waals surface area contributed by atoms with Gasteiger partial charge in [0, 0.05) is 22.2 Å². The lowest BCUT2D eigenvalue weighted by atomic mass is 10.2. The van der Waals surface area contributed by atoms with Crippen LogP contribution in [-0.4, -0.2) is 15.1 Å². The molecular formula is C16H12BrN3O4. The van der Waals surface area contributed by atoms with Crippen LogP contribution in [0.5, 0.6) is 5.75 Å². The first-order chi connectivity index (χ1) is 11.5. The Kier molecular flexibility index (Phi) is 4.57. The number of nitrogens with zero attached hydrogens (tertiary/aromatic N) is 3. The maximum absolute atomic E-state index is 10.7. The minimum Gasteiger partial charge on any atom is -0.481 e. The second kappa shape index (κ2) is 6.79. The molecule has 0 spiro atoms. The Morgan fingerprint density at radius 3 is 2.46 bits per heavy atom. The fraction of sp³-hybridized carbons (Fsp3) is 0.125. The zero-order chi connectivity index (χ0) is 17.1. The van der Waals surface area contributed by atoms with Crippen LogP contribution in [0.25, 0.3) is 11.4 Å². The Morgan fingerprint density at radius 1 is 1.17 bits per heavy atom. The van der Waals surface area contributed by atoms with E-state index in [-0.39, 0.29) is 5.69 Å². The van der Waals surface area contributed by atoms with Crippen LogP contribution in [0.1, 0.15) is 18.9 Å². The zero-order valence-electron chi connectivity index (χ0n) is 12.5. The summed E-state index contributed by atoms with van der Waals surface area (Å²) in [7, 11) is 0. The summed E-state index contributed by atoms with van der Waals surface area (Å²) in [6.45, 7) is 1.80. The molecule has 2 aromatic carbocycles. The largest absolute Gasteiger partial charge is 0.481 e. The quantitative estimate of drug-likeness (QED) is 0.469. The van der Waals surface area contributed by atoms with E-state index in [0.29, 0.717) is 23.0 Å². The lowest BCUT2D eigenvalue weighted by Gasteiger charge is -2.10. The van der Waals surface area contributed by atoms with Gasteiger partial charge in [-0.15, -0.1) is 0 Å². The third-order valence-corrected chi connectivity index (χ3v) is 3.78. The van der Waals surface area contributed by atoms with Crippen molar-refractivity contribution in [3.05, 3.63) is 69.0 Å². The van der Waals surface area contributed by atoms with Crippen molar-refractivity contribution in [2.75, 3.05) is 0 Å². The molecule has 3 aromatic rings. The van der Waals surface area contributed by atoms with Gasteiger partial charge in [-0.1, -0.05) is 21.1 Å². The second-order valence-electron chi connectivity index (χ2n) is 4.97. The number of rotatable bonds is 5. The predicted molar refractivity (Wildman–Crippen MR) is 89.6 cm³/mol. The Balaban J connectivity index is 1.74. The molecule has 122 valence electrons. The molecule has 0 aliphatic heterocycles. The van der Waals surface area contributed by atoms with E-state index in [1.165, 1.54) is 12.1 Å². The molecule has 0 aliphatic carbocycles. The van der Waals surface area contributed by atoms with Crippen molar-refractivity contribution in [1.82, 2.24) is 10.1 Å². The highest BCUT2D eigenvalue weighted by molar-refractivity contribution is 9.10. The summed E-state index contributed by atoms with van der Waals surface area (Å²) in [6, 6.07) is 13.3. The standard InChI is InChI=1S/C16H12BrN3O4/c1-10(23-14-8-4-12(17)5-9-14)16-18-15(19-24-16)11-2-6-13(7-3-11)20(21)22/h2-10H,1H3/t10-/m1/s1. The summed E-state index contributed by atoms with van der Waals surface area (Å²) >= 11 is 3.36. The van der Waals surface area contributed by atoms with Gasteiger partial charge in [0.05, 0.1) is 4.92 Å². The Bertz CT molecular complexity index is 847. The highest BCUT2D eigenvalue weighted by Gasteiger charge is 2.17. The lowest BCUT2D eigenvalue weighted by Crippen LogP contribution is -2.03. The summed E-state index contributed by atoms with van der Waals surface area (Å²) < 4.78 is 11.9. The molecule has 7 nitrogen and oxygen atoms in total. The van der Waals surface area contributed by atoms with E-state index in [2.05, 4.69) is 26.1 Å². The summed E-state index contributed by atoms with van der Waals surface area (Å²) in [5, 5.41) is 14.6. The topological polar surface area (TPSA) is 91.3 Å². The van der Waals surface area contributed by atoms with Gasteiger partial charge in [-0.05, 0) is 43.3 Å². The number of nitro benzene ring substituents is 1. The van der Waals surface area contributed by atoms with Gasteiger partial charge in [-0.3, -0.25) is 10.1 Å². The molecule has 24 heavy (non-hydrogen) atoms. The van der Waals surface area contributed by atoms with Gasteiger partial charge in [0.15, 0.2) is 6.10 Å². The number of nitro groups is 1. The minimum atomic E-state index is -0.459. The minimum absolute atomic E-state index is 0.00871. The van der Waals surface area contributed by atoms with Crippen LogP contribution < -0.4 is 4.74 Å². The smallest absolute Gasteiger partial charge is 0.269 e. The van der Waals surface area contributed by atoms with Crippen molar-refractivity contribution in [1.29, 1.82) is 0 Å². The molecule has 0 radical (unpaired) electrons. The molecule has 1 aromatic heterocycles. The van der Waals surface area contributed by atoms with Crippen molar-refractivity contribution >= 4 is 21.6 Å². The van der Waals surface area contributed by atoms with E-state index in [9.17, 15) is 10.1 Å². The fourth-order valence-electron chi connectivity index (χ4n) is 2.02. The van der Waals surface area contributed by atoms with Gasteiger partial charge in [-0.2, -0.15) is 4.98 Å². The second-order valence-corrected chi connectivity index (χ2v) is 5.89. The van der Waals surface area contributed by atoms with Gasteiger partial charge < -0.3 is 9.26 Å². The monoisotopic (exact) mass is 389 g/mol. The molecule has 0 saturated heterocycles. The zero-order valence-corrected chi connectivity index (χ0v) is 14.1. The summed E-state index contributed by atoms with van der Waals surface area (Å²) in [4.78, 5) is 14.5. The number of hydrogen-bond donors (Lipinski definition) is 0. The average Bonchev–Trinajstić information content (AvgIpc) is 3.07. The molecular weight excluding hydrogens is 378 g/mol. The van der Waals surface area contributed by atoms with Crippen LogP contribution in [0.4, 0.5) is 5.69 Å². The molecule has 0 fully saturated rings. The molecule has 8 heteroatoms. The van der Waals surface area contributed by atoms with Crippen LogP contribution in [0.3, 0.4) is 0 Å². The first kappa shape index (κ1) is 16.1. The third-order valence-electron chi connectivity index (χ3n) is 3.25. The normalized spacial score (nSPS) is 11.9. The molecule has 0 bridgehead atoms. The summed E-state index contributed by atoms with van der Waals surface area (Å²) in [5.74, 6) is 1.36. The van der Waals surface area contributed by atoms with Crippen molar-refractivity contribution in [3.8, 4) is 17.1 Å². The molecule has 0 N–H and O–H groups in total. The maximum Gasteiger partial charge on any atom is 0.269 e. The van der Waals surface area contributed by atoms with Crippen LogP contribution in [-0.2, 0) is 0 Å². The van der Waals surface area contributed by atoms with Gasteiger partial charge in [0.25, 0.3) is 11.6 Å². The van der Waals surface area contributed by atoms with Gasteiger partial charge in [-0.25, -0.2) is 0 Å². The molecule has 1 atom stereocenters. The first-order valence-electron chi connectivity index (χ1n) is 7.03. The first-order valence-corrected chi connectivity index (χ1v) is 7.83. The molecule has 0 unspecified atom stereocenters. The van der Waals surface area contributed by atoms with Crippen LogP contribution in [0.2, 0.25) is 0 Å². The molecule has 0 amide bonds. The molecule has 0 saturated carbocycles. The van der Waals surface area contributed by atoms with E-state index in [1.54, 1.807) is 19.1 Å². The highest BCUT2D eigenvalue weighted by atomic mass is 79.9. The number of non-ortho nitro benzene ring substituents is 1. The fourth-order valence-corrected chi connectivity index (χ4v) is 2.28. The van der Waals surface area contributed by atoms with E-state index < -0.39 is 11.0 Å². The van der Waals surface area contributed by atoms with Crippen LogP contribution in [0.15, 0.2) is 57.5 Å². The van der Waals surface area contributed by atoms with Gasteiger partial charge in [0.1, 0.15) is 5.75 Å². The van der Waals surface area contributed by atoms with Crippen molar-refractivity contribution in [2.45, 2.75) is 13.0 Å². The number of ether oxygens (including phenoxy) is 1. The maximum atomic E-state index is 10.7. The number of halogens is 1. The van der Waals surface area contributed by atoms with E-state index in [0.717, 1.165) is 4.47 Å². The Hall–Kier alpha value is -2.74. The molecule has 3 rings (SSSR count). The van der Waals surface area contributed by atoms with E-state index in [1.807, 2.05) is 24.3 Å². The third kappa shape index (κ3) is 3.60. The summed E-state index contributed by atoms with van der Waals surface area (Å²) in [6.07, 6.45) is -0.425. The lowest BCUT2D eigenvalue weighted by molar-refractivity contribution is -0.384. The number of aromatic nitrogens is 2. The van der Waals surface area contributed by atoms with Gasteiger partial charge in [0.2, 0.25) is 5.82 Å². The Labute approximate surface area is 145 Å². The number of hydrogen-bond acceptors (Lipinski definition) is 6. The van der Waals surface area contributed by atoms with Crippen LogP contribution in [0, 0.1) is 10.1 Å². The van der Waals surface area contributed by atoms with Crippen LogP contribution >= 0.6 is 15.9 Å². The Morgan fingerprint density at radius 2 is 1.83 bits per heavy atom. The van der Waals surface area contributed by atoms with E-state index >= 15 is 0 Å². The van der Waals surface area contributed by atoms with Crippen molar-refractivity contribution in [3.63, 3.8) is 0 Å². The molecule has 1 heterocycles. The van der Waals surface area contributed by atoms with Gasteiger partial charge >= 0.3 is 0 Å². The summed E-state index contributed by atoms with van der Waals surface area (Å²) in [5.41, 5.74) is 0.640. The SMILES string of the molecule is C[C@@H](Oc1ccc(Br)cc1)c1nc(-c2ccc([N+](=O)[O-])cc2)no1. The molecule has 0 aliphatic rings. The highest BCUT2D eigenvalue weighted by Crippen LogP contribution is 2.25.